The Kier molecular flexibility index (Phi) is 4.22. The van der Waals surface area contributed by atoms with E-state index in [2.05, 4.69) is 25.8 Å². The van der Waals surface area contributed by atoms with Gasteiger partial charge in [0.05, 0.1) is 22.0 Å². The highest BCUT2D eigenvalue weighted by atomic mass is 35.5. The van der Waals surface area contributed by atoms with Gasteiger partial charge in [-0.1, -0.05) is 17.7 Å². The molecule has 1 unspecified atom stereocenters. The zero-order valence-corrected chi connectivity index (χ0v) is 13.4. The van der Waals surface area contributed by atoms with E-state index >= 15 is 0 Å². The van der Waals surface area contributed by atoms with Gasteiger partial charge in [0.25, 0.3) is 0 Å². The highest BCUT2D eigenvalue weighted by Gasteiger charge is 2.12. The van der Waals surface area contributed by atoms with Crippen LogP contribution < -0.4 is 16.4 Å². The topological polar surface area (TPSA) is 109 Å². The molecule has 0 aliphatic heterocycles. The van der Waals surface area contributed by atoms with E-state index in [0.29, 0.717) is 28.1 Å². The molecule has 0 fully saturated rings. The summed E-state index contributed by atoms with van der Waals surface area (Å²) in [6.45, 7) is 1.76. The number of nitrogens with zero attached hydrogens (tertiary/aromatic N) is 2. The Hall–Kier alpha value is -2.87. The Bertz CT molecular complexity index is 912. The minimum Gasteiger partial charge on any atom is -0.382 e. The van der Waals surface area contributed by atoms with Gasteiger partial charge < -0.3 is 11.1 Å². The predicted octanol–water partition coefficient (Wildman–Crippen LogP) is 3.22. The van der Waals surface area contributed by atoms with Crippen molar-refractivity contribution < 1.29 is 9.18 Å². The Balaban J connectivity index is 1.68. The smallest absolute Gasteiger partial charge is 0.320 e. The lowest BCUT2D eigenvalue weighted by atomic mass is 10.1. The summed E-state index contributed by atoms with van der Waals surface area (Å²) in [5, 5.41) is 12.6. The van der Waals surface area contributed by atoms with Crippen molar-refractivity contribution in [3.8, 4) is 0 Å². The third-order valence-electron chi connectivity index (χ3n) is 3.51. The second-order valence-electron chi connectivity index (χ2n) is 5.22. The van der Waals surface area contributed by atoms with Crippen LogP contribution in [0, 0.1) is 5.82 Å². The predicted molar refractivity (Wildman–Crippen MR) is 90.3 cm³/mol. The number of H-pyrrole nitrogens is 1. The number of aromatic nitrogens is 3. The van der Waals surface area contributed by atoms with Crippen LogP contribution in [0.15, 0.2) is 30.5 Å². The lowest BCUT2D eigenvalue weighted by molar-refractivity contribution is 0.249. The van der Waals surface area contributed by atoms with E-state index in [-0.39, 0.29) is 11.1 Å². The molecule has 2 heterocycles. The van der Waals surface area contributed by atoms with E-state index < -0.39 is 11.8 Å². The van der Waals surface area contributed by atoms with Crippen LogP contribution >= 0.6 is 11.6 Å². The number of aromatic amines is 1. The van der Waals surface area contributed by atoms with Gasteiger partial charge >= 0.3 is 6.03 Å². The zero-order chi connectivity index (χ0) is 17.3. The van der Waals surface area contributed by atoms with Gasteiger partial charge in [0, 0.05) is 12.3 Å². The molecule has 124 valence electrons. The standard InChI is InChI=1S/C15H14ClFN6O/c1-7(8-2-3-11(17)10(16)4-8)20-15(24)21-13-5-12-9(6-19-13)14(18)23-22-12/h2-7H,1H3,(H3,18,22,23)(H2,19,20,21,24). The van der Waals surface area contributed by atoms with Crippen molar-refractivity contribution in [3.05, 3.63) is 46.9 Å². The number of hydrogen-bond acceptors (Lipinski definition) is 4. The van der Waals surface area contributed by atoms with Crippen LogP contribution in [-0.4, -0.2) is 21.2 Å². The molecule has 0 saturated carbocycles. The highest BCUT2D eigenvalue weighted by Crippen LogP contribution is 2.21. The van der Waals surface area contributed by atoms with Gasteiger partial charge in [-0.05, 0) is 24.6 Å². The summed E-state index contributed by atoms with van der Waals surface area (Å²) in [5.74, 6) is 0.178. The first-order valence-corrected chi connectivity index (χ1v) is 7.44. The molecule has 2 amide bonds. The van der Waals surface area contributed by atoms with E-state index in [0.717, 1.165) is 0 Å². The SMILES string of the molecule is CC(NC(=O)Nc1cc2[nH]nc(N)c2cn1)c1ccc(F)c(Cl)c1. The Morgan fingerprint density at radius 3 is 2.96 bits per heavy atom. The van der Waals surface area contributed by atoms with Crippen LogP contribution in [0.4, 0.5) is 20.8 Å². The van der Waals surface area contributed by atoms with Gasteiger partial charge in [-0.3, -0.25) is 10.4 Å². The molecule has 0 bridgehead atoms. The number of anilines is 2. The maximum Gasteiger partial charge on any atom is 0.320 e. The Labute approximate surface area is 141 Å². The molecule has 0 radical (unpaired) electrons. The van der Waals surface area contributed by atoms with Crippen LogP contribution in [-0.2, 0) is 0 Å². The highest BCUT2D eigenvalue weighted by molar-refractivity contribution is 6.30. The minimum atomic E-state index is -0.506. The molecule has 1 aromatic carbocycles. The first-order valence-electron chi connectivity index (χ1n) is 7.06. The van der Waals surface area contributed by atoms with Crippen LogP contribution in [0.2, 0.25) is 5.02 Å². The average molecular weight is 349 g/mol. The number of nitrogen functional groups attached to an aromatic ring is 1. The summed E-state index contributed by atoms with van der Waals surface area (Å²) in [7, 11) is 0. The lowest BCUT2D eigenvalue weighted by Gasteiger charge is -2.15. The molecule has 0 aliphatic rings. The van der Waals surface area contributed by atoms with E-state index in [1.54, 1.807) is 19.1 Å². The lowest BCUT2D eigenvalue weighted by Crippen LogP contribution is -2.31. The van der Waals surface area contributed by atoms with E-state index in [4.69, 9.17) is 17.3 Å². The second-order valence-corrected chi connectivity index (χ2v) is 5.62. The molecular formula is C15H14ClFN6O. The summed E-state index contributed by atoms with van der Waals surface area (Å²) in [5.41, 5.74) is 7.01. The molecule has 0 saturated heterocycles. The fourth-order valence-corrected chi connectivity index (χ4v) is 2.40. The number of carbonyl (C=O) groups excluding carboxylic acids is 1. The second kappa shape index (κ2) is 6.32. The number of fused-ring (bicyclic) bond motifs is 1. The van der Waals surface area contributed by atoms with Gasteiger partial charge in [0.2, 0.25) is 0 Å². The van der Waals surface area contributed by atoms with E-state index in [1.807, 2.05) is 0 Å². The molecule has 24 heavy (non-hydrogen) atoms. The van der Waals surface area contributed by atoms with Gasteiger partial charge in [-0.2, -0.15) is 5.10 Å². The molecule has 0 aliphatic carbocycles. The summed E-state index contributed by atoms with van der Waals surface area (Å²) >= 11 is 5.75. The van der Waals surface area contributed by atoms with Gasteiger partial charge in [-0.25, -0.2) is 14.2 Å². The number of hydrogen-bond donors (Lipinski definition) is 4. The van der Waals surface area contributed by atoms with Crippen molar-refractivity contribution in [2.24, 2.45) is 0 Å². The quantitative estimate of drug-likeness (QED) is 0.582. The molecule has 2 aromatic heterocycles. The molecule has 9 heteroatoms. The zero-order valence-electron chi connectivity index (χ0n) is 12.6. The summed E-state index contributed by atoms with van der Waals surface area (Å²) in [6.07, 6.45) is 1.52. The van der Waals surface area contributed by atoms with Crippen molar-refractivity contribution in [1.82, 2.24) is 20.5 Å². The number of benzene rings is 1. The van der Waals surface area contributed by atoms with Crippen molar-refractivity contribution >= 4 is 40.2 Å². The Morgan fingerprint density at radius 1 is 1.42 bits per heavy atom. The van der Waals surface area contributed by atoms with Gasteiger partial charge in [-0.15, -0.1) is 0 Å². The fraction of sp³-hybridized carbons (Fsp3) is 0.133. The number of nitrogens with two attached hydrogens (primary N) is 1. The van der Waals surface area contributed by atoms with Gasteiger partial charge in [0.15, 0.2) is 5.82 Å². The first kappa shape index (κ1) is 16.0. The number of halogens is 2. The molecule has 3 aromatic rings. The number of urea groups is 1. The number of amides is 2. The van der Waals surface area contributed by atoms with Crippen molar-refractivity contribution in [3.63, 3.8) is 0 Å². The number of nitrogens with one attached hydrogen (secondary N) is 3. The fourth-order valence-electron chi connectivity index (χ4n) is 2.22. The Morgan fingerprint density at radius 2 is 2.21 bits per heavy atom. The van der Waals surface area contributed by atoms with E-state index in [1.165, 1.54) is 18.3 Å². The van der Waals surface area contributed by atoms with E-state index in [9.17, 15) is 9.18 Å². The average Bonchev–Trinajstić information content (AvgIpc) is 2.90. The maximum atomic E-state index is 13.2. The monoisotopic (exact) mass is 348 g/mol. The molecule has 1 atom stereocenters. The number of carbonyl (C=O) groups is 1. The van der Waals surface area contributed by atoms with Crippen LogP contribution in [0.25, 0.3) is 10.9 Å². The number of pyridine rings is 1. The summed E-state index contributed by atoms with van der Waals surface area (Å²) < 4.78 is 13.2. The van der Waals surface area contributed by atoms with Crippen molar-refractivity contribution in [1.29, 1.82) is 0 Å². The minimum absolute atomic E-state index is 0.00510. The molecular weight excluding hydrogens is 335 g/mol. The van der Waals surface area contributed by atoms with Gasteiger partial charge in [0.1, 0.15) is 11.6 Å². The van der Waals surface area contributed by atoms with Crippen LogP contribution in [0.1, 0.15) is 18.5 Å². The van der Waals surface area contributed by atoms with Crippen LogP contribution in [0.5, 0.6) is 0 Å². The van der Waals surface area contributed by atoms with Crippen LogP contribution in [0.3, 0.4) is 0 Å². The third-order valence-corrected chi connectivity index (χ3v) is 3.80. The summed E-state index contributed by atoms with van der Waals surface area (Å²) in [6, 6.07) is 5.09. The molecule has 7 nitrogen and oxygen atoms in total. The first-order chi connectivity index (χ1) is 11.4. The van der Waals surface area contributed by atoms with Crippen molar-refractivity contribution in [2.45, 2.75) is 13.0 Å². The molecule has 3 rings (SSSR count). The molecule has 0 spiro atoms. The normalized spacial score (nSPS) is 12.1. The van der Waals surface area contributed by atoms with Crippen molar-refractivity contribution in [2.75, 3.05) is 11.1 Å². The molecule has 5 N–H and O–H groups in total. The summed E-state index contributed by atoms with van der Waals surface area (Å²) in [4.78, 5) is 16.2. The largest absolute Gasteiger partial charge is 0.382 e. The third kappa shape index (κ3) is 3.23. The number of rotatable bonds is 3. The maximum absolute atomic E-state index is 13.2.